The second kappa shape index (κ2) is 9.86. The molecule has 152 valence electrons. The lowest BCUT2D eigenvalue weighted by Gasteiger charge is -2.10. The van der Waals surface area contributed by atoms with Gasteiger partial charge in [0.25, 0.3) is 0 Å². The van der Waals surface area contributed by atoms with E-state index < -0.39 is 6.03 Å². The molecule has 0 atom stereocenters. The minimum atomic E-state index is -0.410. The molecule has 0 bridgehead atoms. The maximum absolute atomic E-state index is 11.7. The molecule has 3 rings (SSSR count). The van der Waals surface area contributed by atoms with Gasteiger partial charge in [-0.05, 0) is 42.5 Å². The van der Waals surface area contributed by atoms with E-state index in [1.807, 2.05) is 12.1 Å². The van der Waals surface area contributed by atoms with Gasteiger partial charge in [0.1, 0.15) is 11.8 Å². The zero-order valence-electron chi connectivity index (χ0n) is 16.2. The topological polar surface area (TPSA) is 132 Å². The third-order valence-electron chi connectivity index (χ3n) is 4.05. The van der Waals surface area contributed by atoms with Crippen LogP contribution >= 0.6 is 0 Å². The molecule has 0 aliphatic rings. The molecule has 0 unspecified atom stereocenters. The average molecular weight is 404 g/mol. The third-order valence-corrected chi connectivity index (χ3v) is 4.05. The Morgan fingerprint density at radius 1 is 1.20 bits per heavy atom. The first-order chi connectivity index (χ1) is 14.6. The lowest BCUT2D eigenvalue weighted by Crippen LogP contribution is -2.30. The Kier molecular flexibility index (Phi) is 6.76. The van der Waals surface area contributed by atoms with Gasteiger partial charge in [-0.1, -0.05) is 6.07 Å². The third kappa shape index (κ3) is 5.21. The maximum atomic E-state index is 11.7. The number of benzene rings is 2. The zero-order valence-corrected chi connectivity index (χ0v) is 16.2. The first-order valence-electron chi connectivity index (χ1n) is 9.07. The van der Waals surface area contributed by atoms with Crippen molar-refractivity contribution in [2.75, 3.05) is 30.9 Å². The highest BCUT2D eigenvalue weighted by atomic mass is 16.5. The SMILES string of the molecule is COc1ccc(-c2ccnc(Nc3cccc(NC(=O)NCCO)c3)n2)cc1C#N. The molecule has 0 fully saturated rings. The number of aliphatic hydroxyl groups excluding tert-OH is 1. The fraction of sp³-hybridized carbons (Fsp3) is 0.143. The number of hydrogen-bond donors (Lipinski definition) is 4. The molecule has 3 aromatic rings. The fourth-order valence-electron chi connectivity index (χ4n) is 2.68. The van der Waals surface area contributed by atoms with Crippen molar-refractivity contribution in [1.82, 2.24) is 15.3 Å². The second-order valence-electron chi connectivity index (χ2n) is 6.10. The van der Waals surface area contributed by atoms with Gasteiger partial charge >= 0.3 is 6.03 Å². The number of carbonyl (C=O) groups excluding carboxylic acids is 1. The molecule has 1 heterocycles. The van der Waals surface area contributed by atoms with Crippen LogP contribution in [0, 0.1) is 11.3 Å². The van der Waals surface area contributed by atoms with Crippen LogP contribution in [0.3, 0.4) is 0 Å². The average Bonchev–Trinajstić information content (AvgIpc) is 2.77. The molecule has 9 heteroatoms. The van der Waals surface area contributed by atoms with Crippen molar-refractivity contribution in [2.24, 2.45) is 0 Å². The van der Waals surface area contributed by atoms with Crippen molar-refractivity contribution in [2.45, 2.75) is 0 Å². The van der Waals surface area contributed by atoms with Gasteiger partial charge < -0.3 is 25.8 Å². The molecule has 2 aromatic carbocycles. The molecule has 30 heavy (non-hydrogen) atoms. The fourth-order valence-corrected chi connectivity index (χ4v) is 2.68. The van der Waals surface area contributed by atoms with Gasteiger partial charge in [-0.25, -0.2) is 14.8 Å². The van der Waals surface area contributed by atoms with E-state index in [0.29, 0.717) is 34.3 Å². The van der Waals surface area contributed by atoms with Crippen LogP contribution in [0.4, 0.5) is 22.1 Å². The lowest BCUT2D eigenvalue weighted by molar-refractivity contribution is 0.245. The van der Waals surface area contributed by atoms with Gasteiger partial charge in [0.05, 0.1) is 25.0 Å². The van der Waals surface area contributed by atoms with Crippen molar-refractivity contribution in [3.8, 4) is 23.1 Å². The Bertz CT molecular complexity index is 1080. The summed E-state index contributed by atoms with van der Waals surface area (Å²) in [6.07, 6.45) is 1.62. The molecule has 9 nitrogen and oxygen atoms in total. The Morgan fingerprint density at radius 2 is 2.03 bits per heavy atom. The minimum Gasteiger partial charge on any atom is -0.495 e. The first kappa shape index (κ1) is 20.6. The molecule has 0 aliphatic heterocycles. The van der Waals surface area contributed by atoms with Gasteiger partial charge in [0.2, 0.25) is 5.95 Å². The van der Waals surface area contributed by atoms with Gasteiger partial charge in [-0.3, -0.25) is 0 Å². The highest BCUT2D eigenvalue weighted by Gasteiger charge is 2.08. The summed E-state index contributed by atoms with van der Waals surface area (Å²) in [6, 6.07) is 15.8. The van der Waals surface area contributed by atoms with Crippen LogP contribution in [0.1, 0.15) is 5.56 Å². The summed E-state index contributed by atoms with van der Waals surface area (Å²) < 4.78 is 5.18. The van der Waals surface area contributed by atoms with Crippen molar-refractivity contribution < 1.29 is 14.6 Å². The number of urea groups is 1. The Balaban J connectivity index is 1.77. The van der Waals surface area contributed by atoms with Crippen LogP contribution in [0.25, 0.3) is 11.3 Å². The quantitative estimate of drug-likeness (QED) is 0.476. The second-order valence-corrected chi connectivity index (χ2v) is 6.10. The van der Waals surface area contributed by atoms with Gasteiger partial charge in [0, 0.05) is 29.7 Å². The number of carbonyl (C=O) groups is 1. The highest BCUT2D eigenvalue weighted by Crippen LogP contribution is 2.26. The van der Waals surface area contributed by atoms with Crippen LogP contribution in [0.5, 0.6) is 5.75 Å². The molecule has 4 N–H and O–H groups in total. The van der Waals surface area contributed by atoms with E-state index in [0.717, 1.165) is 5.56 Å². The van der Waals surface area contributed by atoms with E-state index in [9.17, 15) is 10.1 Å². The number of methoxy groups -OCH3 is 1. The number of nitrogens with one attached hydrogen (secondary N) is 3. The number of aromatic nitrogens is 2. The monoisotopic (exact) mass is 404 g/mol. The number of nitriles is 1. The van der Waals surface area contributed by atoms with Crippen molar-refractivity contribution in [1.29, 1.82) is 5.26 Å². The number of rotatable bonds is 7. The number of amides is 2. The summed E-state index contributed by atoms with van der Waals surface area (Å²) in [6.45, 7) is 0.0377. The van der Waals surface area contributed by atoms with Crippen LogP contribution < -0.4 is 20.7 Å². The number of hydrogen-bond acceptors (Lipinski definition) is 7. The summed E-state index contributed by atoms with van der Waals surface area (Å²) in [5.74, 6) is 0.865. The van der Waals surface area contributed by atoms with E-state index >= 15 is 0 Å². The van der Waals surface area contributed by atoms with E-state index in [2.05, 4.69) is 32.0 Å². The maximum Gasteiger partial charge on any atom is 0.319 e. The molecule has 1 aromatic heterocycles. The molecular weight excluding hydrogens is 384 g/mol. The Labute approximate surface area is 173 Å². The van der Waals surface area contributed by atoms with Crippen LogP contribution in [-0.4, -0.2) is 41.4 Å². The summed E-state index contributed by atoms with van der Waals surface area (Å²) in [4.78, 5) is 20.5. The van der Waals surface area contributed by atoms with Crippen molar-refractivity contribution in [3.63, 3.8) is 0 Å². The van der Waals surface area contributed by atoms with Gasteiger partial charge in [0.15, 0.2) is 0 Å². The largest absolute Gasteiger partial charge is 0.495 e. The summed E-state index contributed by atoms with van der Waals surface area (Å²) in [5, 5.41) is 26.3. The van der Waals surface area contributed by atoms with Gasteiger partial charge in [-0.15, -0.1) is 0 Å². The zero-order chi connectivity index (χ0) is 21.3. The first-order valence-corrected chi connectivity index (χ1v) is 9.07. The van der Waals surface area contributed by atoms with Crippen LogP contribution in [-0.2, 0) is 0 Å². The molecule has 0 spiro atoms. The summed E-state index contributed by atoms with van der Waals surface area (Å²) in [7, 11) is 1.52. The molecule has 0 radical (unpaired) electrons. The molecule has 0 saturated heterocycles. The van der Waals surface area contributed by atoms with Gasteiger partial charge in [-0.2, -0.15) is 5.26 Å². The van der Waals surface area contributed by atoms with E-state index in [1.165, 1.54) is 7.11 Å². The number of aliphatic hydroxyl groups is 1. The summed E-state index contributed by atoms with van der Waals surface area (Å²) in [5.41, 5.74) is 3.07. The van der Waals surface area contributed by atoms with Crippen LogP contribution in [0.2, 0.25) is 0 Å². The molecule has 2 amide bonds. The number of nitrogens with zero attached hydrogens (tertiary/aromatic N) is 3. The predicted molar refractivity (Wildman–Crippen MR) is 113 cm³/mol. The van der Waals surface area contributed by atoms with Crippen molar-refractivity contribution in [3.05, 3.63) is 60.3 Å². The van der Waals surface area contributed by atoms with Crippen LogP contribution in [0.15, 0.2) is 54.7 Å². The predicted octanol–water partition coefficient (Wildman–Crippen LogP) is 2.88. The normalized spacial score (nSPS) is 10.0. The molecular formula is C21H20N6O3. The highest BCUT2D eigenvalue weighted by molar-refractivity contribution is 5.89. The summed E-state index contributed by atoms with van der Waals surface area (Å²) >= 11 is 0. The van der Waals surface area contributed by atoms with E-state index in [-0.39, 0.29) is 13.2 Å². The number of ether oxygens (including phenoxy) is 1. The van der Waals surface area contributed by atoms with E-state index in [4.69, 9.17) is 9.84 Å². The number of anilines is 3. The Hall–Kier alpha value is -4.16. The molecule has 0 aliphatic carbocycles. The lowest BCUT2D eigenvalue weighted by atomic mass is 10.1. The minimum absolute atomic E-state index is 0.132. The standard InChI is InChI=1S/C21H20N6O3/c1-30-19-6-5-14(11-15(19)13-22)18-7-8-23-20(27-18)25-16-3-2-4-17(12-16)26-21(29)24-9-10-28/h2-8,11-12,28H,9-10H2,1H3,(H,23,25,27)(H2,24,26,29). The smallest absolute Gasteiger partial charge is 0.319 e. The molecule has 0 saturated carbocycles. The van der Waals surface area contributed by atoms with Crippen molar-refractivity contribution >= 4 is 23.4 Å². The Morgan fingerprint density at radius 3 is 2.80 bits per heavy atom. The van der Waals surface area contributed by atoms with E-state index in [1.54, 1.807) is 42.6 Å².